The van der Waals surface area contributed by atoms with Gasteiger partial charge in [-0.05, 0) is 38.0 Å². The number of hydrogen-bond acceptors (Lipinski definition) is 1. The van der Waals surface area contributed by atoms with Crippen LogP contribution in [0.25, 0.3) is 0 Å². The molecule has 0 aromatic carbocycles. The smallest absolute Gasteiger partial charge is 0.191 e. The van der Waals surface area contributed by atoms with Crippen molar-refractivity contribution in [1.82, 2.24) is 10.6 Å². The van der Waals surface area contributed by atoms with Gasteiger partial charge < -0.3 is 10.6 Å². The normalized spacial score (nSPS) is 25.7. The zero-order chi connectivity index (χ0) is 12.5. The Hall–Kier alpha value is -0.730. The Morgan fingerprint density at radius 1 is 1.12 bits per heavy atom. The Morgan fingerprint density at radius 2 is 1.82 bits per heavy atom. The number of hydrogen-bond donors (Lipinski definition) is 2. The molecular weight excluding hydrogens is 210 g/mol. The average molecular weight is 239 g/mol. The maximum atomic E-state index is 4.69. The minimum Gasteiger partial charge on any atom is -0.357 e. The first-order chi connectivity index (χ1) is 8.26. The number of rotatable bonds is 5. The highest BCUT2D eigenvalue weighted by atomic mass is 15.2. The summed E-state index contributed by atoms with van der Waals surface area (Å²) >= 11 is 0. The zero-order valence-corrected chi connectivity index (χ0v) is 11.8. The first-order valence-corrected chi connectivity index (χ1v) is 7.28. The summed E-state index contributed by atoms with van der Waals surface area (Å²) in [7, 11) is 0. The van der Waals surface area contributed by atoms with Gasteiger partial charge in [0.25, 0.3) is 0 Å². The van der Waals surface area contributed by atoms with Crippen LogP contribution in [0.2, 0.25) is 0 Å². The Labute approximate surface area is 106 Å². The molecule has 0 bridgehead atoms. The van der Waals surface area contributed by atoms with Crippen LogP contribution in [0, 0.1) is 11.8 Å². The second-order valence-corrected chi connectivity index (χ2v) is 5.27. The van der Waals surface area contributed by atoms with E-state index in [2.05, 4.69) is 31.4 Å². The average Bonchev–Trinajstić information content (AvgIpc) is 2.35. The lowest BCUT2D eigenvalue weighted by Crippen LogP contribution is -2.38. The van der Waals surface area contributed by atoms with E-state index in [0.717, 1.165) is 43.9 Å². The topological polar surface area (TPSA) is 36.4 Å². The quantitative estimate of drug-likeness (QED) is 0.572. The number of nitrogens with one attached hydrogen (secondary N) is 2. The lowest BCUT2D eigenvalue weighted by molar-refractivity contribution is 0.296. The van der Waals surface area contributed by atoms with E-state index in [1.807, 2.05) is 0 Å². The van der Waals surface area contributed by atoms with Gasteiger partial charge in [0, 0.05) is 19.6 Å². The molecule has 0 spiro atoms. The van der Waals surface area contributed by atoms with E-state index in [0.29, 0.717) is 0 Å². The summed E-state index contributed by atoms with van der Waals surface area (Å²) in [6, 6.07) is 0. The van der Waals surface area contributed by atoms with Crippen LogP contribution in [-0.4, -0.2) is 25.6 Å². The van der Waals surface area contributed by atoms with E-state index in [1.54, 1.807) is 0 Å². The van der Waals surface area contributed by atoms with E-state index in [-0.39, 0.29) is 0 Å². The Bertz CT molecular complexity index is 218. The van der Waals surface area contributed by atoms with E-state index in [4.69, 9.17) is 4.99 Å². The van der Waals surface area contributed by atoms with Crippen LogP contribution in [0.4, 0.5) is 0 Å². The molecule has 0 heterocycles. The first-order valence-electron chi connectivity index (χ1n) is 7.28. The largest absolute Gasteiger partial charge is 0.357 e. The summed E-state index contributed by atoms with van der Waals surface area (Å²) in [6.07, 6.45) is 6.64. The molecule has 3 nitrogen and oxygen atoms in total. The summed E-state index contributed by atoms with van der Waals surface area (Å²) in [5, 5.41) is 6.66. The lowest BCUT2D eigenvalue weighted by atomic mass is 9.83. The van der Waals surface area contributed by atoms with Crippen molar-refractivity contribution in [2.75, 3.05) is 19.6 Å². The molecule has 0 amide bonds. The van der Waals surface area contributed by atoms with Gasteiger partial charge in [-0.3, -0.25) is 4.99 Å². The van der Waals surface area contributed by atoms with Gasteiger partial charge in [-0.2, -0.15) is 0 Å². The molecule has 1 saturated carbocycles. The van der Waals surface area contributed by atoms with Crippen molar-refractivity contribution in [3.63, 3.8) is 0 Å². The van der Waals surface area contributed by atoms with Gasteiger partial charge in [0.05, 0.1) is 0 Å². The molecule has 0 radical (unpaired) electrons. The molecule has 3 heteroatoms. The predicted molar refractivity (Wildman–Crippen MR) is 75.4 cm³/mol. The van der Waals surface area contributed by atoms with E-state index in [1.165, 1.54) is 25.7 Å². The molecule has 0 aromatic heterocycles. The molecule has 0 unspecified atom stereocenters. The molecule has 1 aliphatic rings. The third-order valence-corrected chi connectivity index (χ3v) is 3.53. The molecule has 1 aliphatic carbocycles. The SMILES string of the molecule is CCCNC(=NCC1CCC(C)CC1)NCC. The summed E-state index contributed by atoms with van der Waals surface area (Å²) < 4.78 is 0. The monoisotopic (exact) mass is 239 g/mol. The van der Waals surface area contributed by atoms with Gasteiger partial charge in [0.2, 0.25) is 0 Å². The van der Waals surface area contributed by atoms with Crippen LogP contribution in [0.1, 0.15) is 52.9 Å². The molecule has 0 aliphatic heterocycles. The van der Waals surface area contributed by atoms with E-state index >= 15 is 0 Å². The number of nitrogens with zero attached hydrogens (tertiary/aromatic N) is 1. The van der Waals surface area contributed by atoms with E-state index in [9.17, 15) is 0 Å². The summed E-state index contributed by atoms with van der Waals surface area (Å²) in [4.78, 5) is 4.69. The first kappa shape index (κ1) is 14.3. The Balaban J connectivity index is 2.31. The van der Waals surface area contributed by atoms with Crippen molar-refractivity contribution < 1.29 is 0 Å². The highest BCUT2D eigenvalue weighted by Crippen LogP contribution is 2.28. The third-order valence-electron chi connectivity index (χ3n) is 3.53. The number of guanidine groups is 1. The van der Waals surface area contributed by atoms with Gasteiger partial charge in [-0.1, -0.05) is 26.7 Å². The highest BCUT2D eigenvalue weighted by molar-refractivity contribution is 5.79. The lowest BCUT2D eigenvalue weighted by Gasteiger charge is -2.25. The van der Waals surface area contributed by atoms with Gasteiger partial charge in [-0.15, -0.1) is 0 Å². The van der Waals surface area contributed by atoms with Gasteiger partial charge >= 0.3 is 0 Å². The van der Waals surface area contributed by atoms with Gasteiger partial charge in [0.1, 0.15) is 0 Å². The molecule has 0 atom stereocenters. The Morgan fingerprint density at radius 3 is 2.41 bits per heavy atom. The van der Waals surface area contributed by atoms with Gasteiger partial charge in [-0.25, -0.2) is 0 Å². The predicted octanol–water partition coefficient (Wildman–Crippen LogP) is 2.78. The van der Waals surface area contributed by atoms with Crippen molar-refractivity contribution in [3.8, 4) is 0 Å². The van der Waals surface area contributed by atoms with Crippen LogP contribution in [0.15, 0.2) is 4.99 Å². The van der Waals surface area contributed by atoms with Crippen molar-refractivity contribution in [2.45, 2.75) is 52.9 Å². The van der Waals surface area contributed by atoms with Crippen LogP contribution in [-0.2, 0) is 0 Å². The molecule has 0 saturated heterocycles. The maximum absolute atomic E-state index is 4.69. The van der Waals surface area contributed by atoms with Crippen molar-refractivity contribution in [2.24, 2.45) is 16.8 Å². The highest BCUT2D eigenvalue weighted by Gasteiger charge is 2.17. The molecule has 17 heavy (non-hydrogen) atoms. The van der Waals surface area contributed by atoms with Crippen LogP contribution < -0.4 is 10.6 Å². The Kier molecular flexibility index (Phi) is 7.06. The van der Waals surface area contributed by atoms with Crippen molar-refractivity contribution in [1.29, 1.82) is 0 Å². The van der Waals surface area contributed by atoms with Crippen LogP contribution >= 0.6 is 0 Å². The summed E-state index contributed by atoms with van der Waals surface area (Å²) in [5.74, 6) is 2.73. The van der Waals surface area contributed by atoms with Crippen LogP contribution in [0.5, 0.6) is 0 Å². The fourth-order valence-electron chi connectivity index (χ4n) is 2.32. The van der Waals surface area contributed by atoms with Crippen molar-refractivity contribution in [3.05, 3.63) is 0 Å². The van der Waals surface area contributed by atoms with Crippen molar-refractivity contribution >= 4 is 5.96 Å². The maximum Gasteiger partial charge on any atom is 0.191 e. The minimum atomic E-state index is 0.809. The molecule has 1 fully saturated rings. The van der Waals surface area contributed by atoms with Crippen LogP contribution in [0.3, 0.4) is 0 Å². The molecule has 100 valence electrons. The minimum absolute atomic E-state index is 0.809. The molecule has 1 rings (SSSR count). The zero-order valence-electron chi connectivity index (χ0n) is 11.8. The third kappa shape index (κ3) is 5.94. The fourth-order valence-corrected chi connectivity index (χ4v) is 2.32. The second-order valence-electron chi connectivity index (χ2n) is 5.27. The standard InChI is InChI=1S/C14H29N3/c1-4-10-16-14(15-5-2)17-11-13-8-6-12(3)7-9-13/h12-13H,4-11H2,1-3H3,(H2,15,16,17). The van der Waals surface area contributed by atoms with Gasteiger partial charge in [0.15, 0.2) is 5.96 Å². The summed E-state index contributed by atoms with van der Waals surface area (Å²) in [6.45, 7) is 9.60. The molecular formula is C14H29N3. The second kappa shape index (κ2) is 8.37. The number of aliphatic imine (C=N–C) groups is 1. The summed E-state index contributed by atoms with van der Waals surface area (Å²) in [5.41, 5.74) is 0. The molecule has 2 N–H and O–H groups in total. The van der Waals surface area contributed by atoms with E-state index < -0.39 is 0 Å². The molecule has 0 aromatic rings. The fraction of sp³-hybridized carbons (Fsp3) is 0.929.